The molecule has 1 fully saturated rings. The molecule has 1 atom stereocenters. The summed E-state index contributed by atoms with van der Waals surface area (Å²) >= 11 is 0. The fourth-order valence-electron chi connectivity index (χ4n) is 1.96. The van der Waals surface area contributed by atoms with Crippen molar-refractivity contribution in [1.29, 1.82) is 0 Å². The summed E-state index contributed by atoms with van der Waals surface area (Å²) in [7, 11) is 0. The molecule has 1 aliphatic heterocycles. The van der Waals surface area contributed by atoms with Gasteiger partial charge < -0.3 is 10.2 Å². The van der Waals surface area contributed by atoms with Crippen LogP contribution in [-0.4, -0.2) is 37.1 Å². The summed E-state index contributed by atoms with van der Waals surface area (Å²) in [4.78, 5) is 2.52. The van der Waals surface area contributed by atoms with Gasteiger partial charge in [0.25, 0.3) is 0 Å². The van der Waals surface area contributed by atoms with Gasteiger partial charge in [0.15, 0.2) is 0 Å². The van der Waals surface area contributed by atoms with Crippen LogP contribution in [0.4, 0.5) is 0 Å². The van der Waals surface area contributed by atoms with Crippen LogP contribution in [0.1, 0.15) is 32.6 Å². The average Bonchev–Trinajstić information content (AvgIpc) is 2.63. The number of nitrogens with one attached hydrogen (secondary N) is 1. The maximum Gasteiger partial charge on any atom is 0.0207 e. The van der Waals surface area contributed by atoms with Crippen molar-refractivity contribution in [3.63, 3.8) is 0 Å². The van der Waals surface area contributed by atoms with Gasteiger partial charge in [-0.25, -0.2) is 0 Å². The minimum absolute atomic E-state index is 0.723. The molecule has 0 spiro atoms. The van der Waals surface area contributed by atoms with E-state index < -0.39 is 0 Å². The summed E-state index contributed by atoms with van der Waals surface area (Å²) in [5.41, 5.74) is 0. The third-order valence-corrected chi connectivity index (χ3v) is 2.75. The molecule has 1 N–H and O–H groups in total. The highest BCUT2D eigenvalue weighted by molar-refractivity contribution is 4.85. The zero-order valence-corrected chi connectivity index (χ0v) is 9.26. The minimum atomic E-state index is 0.723. The van der Waals surface area contributed by atoms with Crippen LogP contribution in [-0.2, 0) is 0 Å². The van der Waals surface area contributed by atoms with Gasteiger partial charge in [0, 0.05) is 19.0 Å². The van der Waals surface area contributed by atoms with Crippen LogP contribution in [0.3, 0.4) is 0 Å². The molecule has 0 saturated carbocycles. The molecule has 0 radical (unpaired) electrons. The first-order valence-electron chi connectivity index (χ1n) is 5.76. The van der Waals surface area contributed by atoms with Gasteiger partial charge >= 0.3 is 0 Å². The Kier molecular flexibility index (Phi) is 5.66. The van der Waals surface area contributed by atoms with Gasteiger partial charge in [0.2, 0.25) is 0 Å². The molecule has 0 aromatic carbocycles. The van der Waals surface area contributed by atoms with E-state index >= 15 is 0 Å². The van der Waals surface area contributed by atoms with Gasteiger partial charge in [0.1, 0.15) is 0 Å². The van der Waals surface area contributed by atoms with Crippen molar-refractivity contribution < 1.29 is 0 Å². The highest BCUT2D eigenvalue weighted by atomic mass is 15.2. The topological polar surface area (TPSA) is 15.3 Å². The summed E-state index contributed by atoms with van der Waals surface area (Å²) < 4.78 is 0. The van der Waals surface area contributed by atoms with E-state index in [1.165, 1.54) is 32.5 Å². The predicted molar refractivity (Wildman–Crippen MR) is 61.2 cm³/mol. The SMILES string of the molecule is C#CCCCN1CCC(NCCC)C1. The van der Waals surface area contributed by atoms with E-state index in [9.17, 15) is 0 Å². The molecule has 1 aliphatic rings. The van der Waals surface area contributed by atoms with Gasteiger partial charge in [-0.05, 0) is 38.9 Å². The van der Waals surface area contributed by atoms with Crippen molar-refractivity contribution in [3.05, 3.63) is 0 Å². The first kappa shape index (κ1) is 11.6. The van der Waals surface area contributed by atoms with E-state index in [2.05, 4.69) is 23.1 Å². The summed E-state index contributed by atoms with van der Waals surface area (Å²) in [6.45, 7) is 7.00. The highest BCUT2D eigenvalue weighted by Gasteiger charge is 2.20. The number of rotatable bonds is 6. The van der Waals surface area contributed by atoms with E-state index in [1.807, 2.05) is 0 Å². The first-order chi connectivity index (χ1) is 6.86. The molecular weight excluding hydrogens is 172 g/mol. The van der Waals surface area contributed by atoms with Crippen LogP contribution in [0.2, 0.25) is 0 Å². The minimum Gasteiger partial charge on any atom is -0.313 e. The molecule has 14 heavy (non-hydrogen) atoms. The molecule has 1 saturated heterocycles. The summed E-state index contributed by atoms with van der Waals surface area (Å²) in [5.74, 6) is 2.69. The number of nitrogens with zero attached hydrogens (tertiary/aromatic N) is 1. The smallest absolute Gasteiger partial charge is 0.0207 e. The molecule has 0 bridgehead atoms. The fraction of sp³-hybridized carbons (Fsp3) is 0.833. The van der Waals surface area contributed by atoms with Crippen molar-refractivity contribution in [2.75, 3.05) is 26.2 Å². The lowest BCUT2D eigenvalue weighted by Crippen LogP contribution is -2.33. The van der Waals surface area contributed by atoms with E-state index in [0.717, 1.165) is 25.4 Å². The summed E-state index contributed by atoms with van der Waals surface area (Å²) in [6, 6.07) is 0.723. The highest BCUT2D eigenvalue weighted by Crippen LogP contribution is 2.09. The van der Waals surface area contributed by atoms with Gasteiger partial charge in [-0.3, -0.25) is 0 Å². The molecule has 0 aromatic heterocycles. The van der Waals surface area contributed by atoms with Gasteiger partial charge in [-0.2, -0.15) is 0 Å². The van der Waals surface area contributed by atoms with Gasteiger partial charge in [0.05, 0.1) is 0 Å². The molecule has 2 heteroatoms. The Labute approximate surface area is 88.1 Å². The van der Waals surface area contributed by atoms with Crippen molar-refractivity contribution in [2.45, 2.75) is 38.6 Å². The van der Waals surface area contributed by atoms with Crippen molar-refractivity contribution in [3.8, 4) is 12.3 Å². The Morgan fingerprint density at radius 3 is 3.14 bits per heavy atom. The lowest BCUT2D eigenvalue weighted by atomic mass is 10.2. The molecule has 0 aromatic rings. The molecule has 0 amide bonds. The third kappa shape index (κ3) is 4.13. The van der Waals surface area contributed by atoms with Crippen LogP contribution < -0.4 is 5.32 Å². The zero-order valence-electron chi connectivity index (χ0n) is 9.26. The van der Waals surface area contributed by atoms with E-state index in [1.54, 1.807) is 0 Å². The second kappa shape index (κ2) is 6.86. The first-order valence-corrected chi connectivity index (χ1v) is 5.76. The molecule has 2 nitrogen and oxygen atoms in total. The molecule has 1 unspecified atom stereocenters. The maximum atomic E-state index is 5.23. The fourth-order valence-corrected chi connectivity index (χ4v) is 1.96. The Hall–Kier alpha value is -0.520. The van der Waals surface area contributed by atoms with Crippen molar-refractivity contribution >= 4 is 0 Å². The Bertz CT molecular complexity index is 183. The second-order valence-corrected chi connectivity index (χ2v) is 4.05. The van der Waals surface area contributed by atoms with Crippen molar-refractivity contribution in [2.24, 2.45) is 0 Å². The van der Waals surface area contributed by atoms with Crippen LogP contribution in [0.5, 0.6) is 0 Å². The standard InChI is InChI=1S/C12H22N2/c1-3-5-6-9-14-10-7-12(11-14)13-8-4-2/h1,12-13H,4-11H2,2H3. The average molecular weight is 194 g/mol. The van der Waals surface area contributed by atoms with Gasteiger partial charge in [-0.1, -0.05) is 6.92 Å². The van der Waals surface area contributed by atoms with Crippen molar-refractivity contribution in [1.82, 2.24) is 10.2 Å². The van der Waals surface area contributed by atoms with Gasteiger partial charge in [-0.15, -0.1) is 12.3 Å². The normalized spacial score (nSPS) is 22.4. The van der Waals surface area contributed by atoms with Crippen LogP contribution in [0.15, 0.2) is 0 Å². The maximum absolute atomic E-state index is 5.23. The summed E-state index contributed by atoms with van der Waals surface area (Å²) in [5, 5.41) is 3.57. The molecular formula is C12H22N2. The number of unbranched alkanes of at least 4 members (excludes halogenated alkanes) is 1. The van der Waals surface area contributed by atoms with Crippen LogP contribution in [0.25, 0.3) is 0 Å². The predicted octanol–water partition coefficient (Wildman–Crippen LogP) is 1.47. The van der Waals surface area contributed by atoms with E-state index in [0.29, 0.717) is 0 Å². The lowest BCUT2D eigenvalue weighted by molar-refractivity contribution is 0.325. The van der Waals surface area contributed by atoms with E-state index in [-0.39, 0.29) is 0 Å². The number of hydrogen-bond acceptors (Lipinski definition) is 2. The number of hydrogen-bond donors (Lipinski definition) is 1. The number of likely N-dealkylation sites (tertiary alicyclic amines) is 1. The third-order valence-electron chi connectivity index (χ3n) is 2.75. The van der Waals surface area contributed by atoms with E-state index in [4.69, 9.17) is 6.42 Å². The molecule has 80 valence electrons. The quantitative estimate of drug-likeness (QED) is 0.509. The Morgan fingerprint density at radius 2 is 2.43 bits per heavy atom. The van der Waals surface area contributed by atoms with Crippen LogP contribution in [0, 0.1) is 12.3 Å². The van der Waals surface area contributed by atoms with Crippen LogP contribution >= 0.6 is 0 Å². The monoisotopic (exact) mass is 194 g/mol. The largest absolute Gasteiger partial charge is 0.313 e. The second-order valence-electron chi connectivity index (χ2n) is 4.05. The zero-order chi connectivity index (χ0) is 10.2. The lowest BCUT2D eigenvalue weighted by Gasteiger charge is -2.15. The Morgan fingerprint density at radius 1 is 1.57 bits per heavy atom. The Balaban J connectivity index is 2.05. The molecule has 0 aliphatic carbocycles. The number of terminal acetylenes is 1. The molecule has 1 rings (SSSR count). The summed E-state index contributed by atoms with van der Waals surface area (Å²) in [6.07, 6.45) is 9.83. The molecule has 1 heterocycles.